The summed E-state index contributed by atoms with van der Waals surface area (Å²) in [6, 6.07) is 4.96. The summed E-state index contributed by atoms with van der Waals surface area (Å²) in [6.07, 6.45) is 8.30. The number of nitrogens with zero attached hydrogens (tertiary/aromatic N) is 1. The zero-order chi connectivity index (χ0) is 21.4. The van der Waals surface area contributed by atoms with Crippen LogP contribution in [0.2, 0.25) is 10.0 Å². The van der Waals surface area contributed by atoms with Gasteiger partial charge in [-0.05, 0) is 74.0 Å². The number of nitrogens with one attached hydrogen (secondary N) is 1. The van der Waals surface area contributed by atoms with Gasteiger partial charge in [0.2, 0.25) is 17.7 Å². The molecule has 7 rings (SSSR count). The molecule has 1 aliphatic heterocycles. The number of amides is 3. The standard InChI is InChI=1S/C24H24Cl2N2O3/c25-18-8-3-12(9-19(18)26)27-22(29)11-1-4-13(5-2-11)28-23(30)20-14-6-7-15(17-10-16(14)17)21(20)24(28)31/h3,6-9,11,13-17,20-21H,1-2,4-5,10H2,(H,27,29). The molecule has 5 nitrogen and oxygen atoms in total. The summed E-state index contributed by atoms with van der Waals surface area (Å²) in [5.74, 6) is 1.39. The van der Waals surface area contributed by atoms with Gasteiger partial charge in [0, 0.05) is 17.6 Å². The van der Waals surface area contributed by atoms with Crippen LogP contribution < -0.4 is 5.32 Å². The van der Waals surface area contributed by atoms with E-state index >= 15 is 0 Å². The molecule has 3 saturated carbocycles. The number of likely N-dealkylation sites (tertiary alicyclic amines) is 1. The topological polar surface area (TPSA) is 66.5 Å². The van der Waals surface area contributed by atoms with Crippen LogP contribution in [-0.2, 0) is 14.4 Å². The number of carbonyl (C=O) groups is 3. The molecule has 162 valence electrons. The maximum atomic E-state index is 13.3. The number of hydrogen-bond acceptors (Lipinski definition) is 3. The lowest BCUT2D eigenvalue weighted by atomic mass is 9.63. The Hall–Kier alpha value is -1.85. The molecule has 1 aromatic rings. The van der Waals surface area contributed by atoms with E-state index in [1.807, 2.05) is 0 Å². The minimum absolute atomic E-state index is 0.0448. The van der Waals surface area contributed by atoms with Gasteiger partial charge in [-0.1, -0.05) is 35.4 Å². The average molecular weight is 459 g/mol. The maximum absolute atomic E-state index is 13.3. The first kappa shape index (κ1) is 19.8. The van der Waals surface area contributed by atoms with E-state index in [0.29, 0.717) is 53.3 Å². The van der Waals surface area contributed by atoms with Crippen LogP contribution in [-0.4, -0.2) is 28.7 Å². The molecule has 0 aromatic heterocycles. The molecular formula is C24H24Cl2N2O3. The van der Waals surface area contributed by atoms with Crippen molar-refractivity contribution in [2.24, 2.45) is 41.4 Å². The molecule has 3 amide bonds. The van der Waals surface area contributed by atoms with E-state index in [4.69, 9.17) is 23.2 Å². The summed E-state index contributed by atoms with van der Waals surface area (Å²) in [4.78, 5) is 40.9. The van der Waals surface area contributed by atoms with Crippen molar-refractivity contribution in [2.45, 2.75) is 38.1 Å². The second kappa shape index (κ2) is 7.08. The minimum atomic E-state index is -0.137. The highest BCUT2D eigenvalue weighted by atomic mass is 35.5. The van der Waals surface area contributed by atoms with Crippen LogP contribution in [0.5, 0.6) is 0 Å². The van der Waals surface area contributed by atoms with Crippen molar-refractivity contribution in [3.8, 4) is 0 Å². The van der Waals surface area contributed by atoms with E-state index in [0.717, 1.165) is 0 Å². The lowest BCUT2D eigenvalue weighted by Crippen LogP contribution is -2.44. The molecule has 6 unspecified atom stereocenters. The fourth-order valence-corrected chi connectivity index (χ4v) is 7.05. The van der Waals surface area contributed by atoms with Crippen molar-refractivity contribution in [3.63, 3.8) is 0 Å². The van der Waals surface area contributed by atoms with Gasteiger partial charge in [-0.2, -0.15) is 0 Å². The van der Waals surface area contributed by atoms with Gasteiger partial charge in [-0.25, -0.2) is 0 Å². The Balaban J connectivity index is 1.11. The quantitative estimate of drug-likeness (QED) is 0.533. The molecule has 2 bridgehead atoms. The van der Waals surface area contributed by atoms with Crippen LogP contribution in [0.1, 0.15) is 32.1 Å². The van der Waals surface area contributed by atoms with Crippen LogP contribution in [0, 0.1) is 41.4 Å². The molecular weight excluding hydrogens is 435 g/mol. The Bertz CT molecular complexity index is 980. The highest BCUT2D eigenvalue weighted by molar-refractivity contribution is 6.42. The molecule has 1 N–H and O–H groups in total. The molecule has 1 heterocycles. The van der Waals surface area contributed by atoms with Crippen LogP contribution in [0.25, 0.3) is 0 Å². The first-order valence-electron chi connectivity index (χ1n) is 11.2. The van der Waals surface area contributed by atoms with Crippen molar-refractivity contribution in [1.29, 1.82) is 0 Å². The second-order valence-corrected chi connectivity index (χ2v) is 10.6. The molecule has 6 aliphatic rings. The van der Waals surface area contributed by atoms with Crippen LogP contribution in [0.3, 0.4) is 0 Å². The second-order valence-electron chi connectivity index (χ2n) is 9.82. The van der Waals surface area contributed by atoms with E-state index in [-0.39, 0.29) is 53.4 Å². The summed E-state index contributed by atoms with van der Waals surface area (Å²) in [5, 5.41) is 3.76. The molecule has 4 fully saturated rings. The zero-order valence-electron chi connectivity index (χ0n) is 17.0. The Kier molecular flexibility index (Phi) is 4.52. The third-order valence-corrected chi connectivity index (χ3v) is 9.06. The van der Waals surface area contributed by atoms with Crippen molar-refractivity contribution in [2.75, 3.05) is 5.32 Å². The van der Waals surface area contributed by atoms with Gasteiger partial charge in [0.1, 0.15) is 0 Å². The van der Waals surface area contributed by atoms with Gasteiger partial charge in [0.05, 0.1) is 21.9 Å². The van der Waals surface area contributed by atoms with Gasteiger partial charge in [0.15, 0.2) is 0 Å². The predicted molar refractivity (Wildman–Crippen MR) is 117 cm³/mol. The van der Waals surface area contributed by atoms with E-state index < -0.39 is 0 Å². The van der Waals surface area contributed by atoms with Gasteiger partial charge in [0.25, 0.3) is 0 Å². The summed E-state index contributed by atoms with van der Waals surface area (Å²) in [5.41, 5.74) is 0.622. The number of benzene rings is 1. The minimum Gasteiger partial charge on any atom is -0.326 e. The molecule has 1 aromatic carbocycles. The van der Waals surface area contributed by atoms with Crippen molar-refractivity contribution < 1.29 is 14.4 Å². The Morgan fingerprint density at radius 2 is 1.52 bits per heavy atom. The molecule has 1 saturated heterocycles. The van der Waals surface area contributed by atoms with E-state index in [1.165, 1.54) is 6.42 Å². The first-order chi connectivity index (χ1) is 14.9. The van der Waals surface area contributed by atoms with Gasteiger partial charge >= 0.3 is 0 Å². The molecule has 5 aliphatic carbocycles. The van der Waals surface area contributed by atoms with E-state index in [9.17, 15) is 14.4 Å². The zero-order valence-corrected chi connectivity index (χ0v) is 18.5. The fraction of sp³-hybridized carbons (Fsp3) is 0.542. The Morgan fingerprint density at radius 3 is 2.10 bits per heavy atom. The lowest BCUT2D eigenvalue weighted by molar-refractivity contribution is -0.144. The summed E-state index contributed by atoms with van der Waals surface area (Å²) < 4.78 is 0. The SMILES string of the molecule is O=C(Nc1ccc(Cl)c(Cl)c1)C1CCC(N2C(=O)C3C4C=CC(C5CC45)C3C2=O)CC1. The Morgan fingerprint density at radius 1 is 0.903 bits per heavy atom. The smallest absolute Gasteiger partial charge is 0.233 e. The molecule has 6 atom stereocenters. The maximum Gasteiger partial charge on any atom is 0.233 e. The number of carbonyl (C=O) groups excluding carboxylic acids is 3. The summed E-state index contributed by atoms with van der Waals surface area (Å²) in [6.45, 7) is 0. The number of halogens is 2. The lowest BCUT2D eigenvalue weighted by Gasteiger charge is -2.37. The average Bonchev–Trinajstić information content (AvgIpc) is 3.54. The predicted octanol–water partition coefficient (Wildman–Crippen LogP) is 4.54. The number of rotatable bonds is 3. The molecule has 7 heteroatoms. The summed E-state index contributed by atoms with van der Waals surface area (Å²) >= 11 is 12.0. The van der Waals surface area contributed by atoms with E-state index in [1.54, 1.807) is 23.1 Å². The van der Waals surface area contributed by atoms with Crippen molar-refractivity contribution in [3.05, 3.63) is 40.4 Å². The van der Waals surface area contributed by atoms with Crippen LogP contribution >= 0.6 is 23.2 Å². The number of allylic oxidation sites excluding steroid dienone is 2. The third kappa shape index (κ3) is 3.00. The molecule has 31 heavy (non-hydrogen) atoms. The highest BCUT2D eigenvalue weighted by Crippen LogP contribution is 2.65. The van der Waals surface area contributed by atoms with Gasteiger partial charge in [-0.3, -0.25) is 19.3 Å². The van der Waals surface area contributed by atoms with E-state index in [2.05, 4.69) is 17.5 Å². The largest absolute Gasteiger partial charge is 0.326 e. The number of anilines is 1. The highest BCUT2D eigenvalue weighted by Gasteiger charge is 2.67. The fourth-order valence-electron chi connectivity index (χ4n) is 6.75. The normalized spacial score (nSPS) is 40.0. The molecule has 0 radical (unpaired) electrons. The first-order valence-corrected chi connectivity index (χ1v) is 12.0. The van der Waals surface area contributed by atoms with Gasteiger partial charge < -0.3 is 5.32 Å². The van der Waals surface area contributed by atoms with Gasteiger partial charge in [-0.15, -0.1) is 0 Å². The van der Waals surface area contributed by atoms with Crippen LogP contribution in [0.15, 0.2) is 30.4 Å². The summed E-state index contributed by atoms with van der Waals surface area (Å²) in [7, 11) is 0. The molecule has 0 spiro atoms. The number of imide groups is 1. The third-order valence-electron chi connectivity index (χ3n) is 8.32. The van der Waals surface area contributed by atoms with Crippen molar-refractivity contribution in [1.82, 2.24) is 4.90 Å². The Labute approximate surface area is 191 Å². The van der Waals surface area contributed by atoms with Crippen LogP contribution in [0.4, 0.5) is 5.69 Å². The van der Waals surface area contributed by atoms with Crippen molar-refractivity contribution >= 4 is 46.6 Å². The number of hydrogen-bond donors (Lipinski definition) is 1. The monoisotopic (exact) mass is 458 g/mol.